The monoisotopic (exact) mass is 436 g/mol. The van der Waals surface area contributed by atoms with Gasteiger partial charge in [0.05, 0.1) is 31.4 Å². The normalized spacial score (nSPS) is 10.9. The van der Waals surface area contributed by atoms with Gasteiger partial charge < -0.3 is 19.5 Å². The van der Waals surface area contributed by atoms with E-state index < -0.39 is 15.9 Å². The summed E-state index contributed by atoms with van der Waals surface area (Å²) in [5.41, 5.74) is 0.347. The van der Waals surface area contributed by atoms with Gasteiger partial charge in [-0.3, -0.25) is 9.10 Å². The molecular weight excluding hydrogens is 408 g/mol. The van der Waals surface area contributed by atoms with Gasteiger partial charge in [0, 0.05) is 12.6 Å². The molecule has 0 saturated carbocycles. The molecule has 2 aromatic rings. The number of sulfonamides is 1. The molecule has 9 heteroatoms. The van der Waals surface area contributed by atoms with Crippen LogP contribution in [-0.4, -0.2) is 48.2 Å². The van der Waals surface area contributed by atoms with Crippen LogP contribution in [0.3, 0.4) is 0 Å². The minimum absolute atomic E-state index is 0.0164. The Morgan fingerprint density at radius 1 is 1.00 bits per heavy atom. The van der Waals surface area contributed by atoms with Gasteiger partial charge in [-0.1, -0.05) is 6.92 Å². The van der Waals surface area contributed by atoms with E-state index in [0.717, 1.165) is 10.7 Å². The minimum atomic E-state index is -4.06. The van der Waals surface area contributed by atoms with E-state index in [1.165, 1.54) is 32.4 Å². The second-order valence-corrected chi connectivity index (χ2v) is 8.17. The lowest BCUT2D eigenvalue weighted by Crippen LogP contribution is -2.41. The molecule has 0 atom stereocenters. The SMILES string of the molecule is CCCNC(=O)CN(c1ccc(OCC)cc1)S(=O)(=O)c1ccc(OC)c(OC)c1. The molecule has 0 bridgehead atoms. The van der Waals surface area contributed by atoms with Crippen molar-refractivity contribution in [2.24, 2.45) is 0 Å². The van der Waals surface area contributed by atoms with Crippen molar-refractivity contribution >= 4 is 21.6 Å². The highest BCUT2D eigenvalue weighted by molar-refractivity contribution is 7.92. The number of ether oxygens (including phenoxy) is 3. The summed E-state index contributed by atoms with van der Waals surface area (Å²) in [4.78, 5) is 12.4. The van der Waals surface area contributed by atoms with Crippen LogP contribution in [0.5, 0.6) is 17.2 Å². The zero-order valence-corrected chi connectivity index (χ0v) is 18.5. The van der Waals surface area contributed by atoms with Crippen LogP contribution >= 0.6 is 0 Å². The molecule has 0 heterocycles. The van der Waals surface area contributed by atoms with Gasteiger partial charge in [0.2, 0.25) is 5.91 Å². The summed E-state index contributed by atoms with van der Waals surface area (Å²) in [5, 5.41) is 2.71. The van der Waals surface area contributed by atoms with Crippen molar-refractivity contribution in [1.82, 2.24) is 5.32 Å². The molecule has 0 saturated heterocycles. The van der Waals surface area contributed by atoms with Crippen molar-refractivity contribution in [2.75, 3.05) is 38.2 Å². The molecule has 0 aliphatic heterocycles. The molecule has 0 fully saturated rings. The van der Waals surface area contributed by atoms with E-state index >= 15 is 0 Å². The number of amides is 1. The van der Waals surface area contributed by atoms with Gasteiger partial charge >= 0.3 is 0 Å². The Kier molecular flexibility index (Phi) is 8.35. The zero-order chi connectivity index (χ0) is 22.1. The number of nitrogens with zero attached hydrogens (tertiary/aromatic N) is 1. The lowest BCUT2D eigenvalue weighted by Gasteiger charge is -2.24. The molecule has 0 aliphatic carbocycles. The number of rotatable bonds is 11. The number of carbonyl (C=O) groups excluding carboxylic acids is 1. The van der Waals surface area contributed by atoms with E-state index in [0.29, 0.717) is 30.3 Å². The van der Waals surface area contributed by atoms with Crippen LogP contribution in [0.2, 0.25) is 0 Å². The molecule has 164 valence electrons. The smallest absolute Gasteiger partial charge is 0.264 e. The molecular formula is C21H28N2O6S. The van der Waals surface area contributed by atoms with Crippen LogP contribution in [0, 0.1) is 0 Å². The van der Waals surface area contributed by atoms with E-state index in [1.807, 2.05) is 13.8 Å². The lowest BCUT2D eigenvalue weighted by molar-refractivity contribution is -0.119. The van der Waals surface area contributed by atoms with E-state index in [-0.39, 0.29) is 17.2 Å². The van der Waals surface area contributed by atoms with E-state index in [4.69, 9.17) is 14.2 Å². The third-order valence-corrected chi connectivity index (χ3v) is 6.01. The lowest BCUT2D eigenvalue weighted by atomic mass is 10.3. The molecule has 2 aromatic carbocycles. The first-order valence-electron chi connectivity index (χ1n) is 9.61. The molecule has 0 spiro atoms. The number of methoxy groups -OCH3 is 2. The molecule has 2 rings (SSSR count). The molecule has 0 unspecified atom stereocenters. The number of carbonyl (C=O) groups is 1. The fourth-order valence-corrected chi connectivity index (χ4v) is 4.18. The van der Waals surface area contributed by atoms with Crippen molar-refractivity contribution in [3.63, 3.8) is 0 Å². The Labute approximate surface area is 177 Å². The fourth-order valence-electron chi connectivity index (χ4n) is 2.75. The van der Waals surface area contributed by atoms with Crippen LogP contribution in [0.1, 0.15) is 20.3 Å². The third kappa shape index (κ3) is 5.56. The van der Waals surface area contributed by atoms with Crippen LogP contribution in [-0.2, 0) is 14.8 Å². The number of benzene rings is 2. The summed E-state index contributed by atoms with van der Waals surface area (Å²) < 4.78 is 43.8. The van der Waals surface area contributed by atoms with E-state index in [2.05, 4.69) is 5.32 Å². The summed E-state index contributed by atoms with van der Waals surface area (Å²) >= 11 is 0. The zero-order valence-electron chi connectivity index (χ0n) is 17.7. The summed E-state index contributed by atoms with van der Waals surface area (Å²) in [7, 11) is -1.16. The van der Waals surface area contributed by atoms with E-state index in [9.17, 15) is 13.2 Å². The second kappa shape index (κ2) is 10.7. The number of hydrogen-bond donors (Lipinski definition) is 1. The fraction of sp³-hybridized carbons (Fsp3) is 0.381. The predicted molar refractivity (Wildman–Crippen MR) is 115 cm³/mol. The summed E-state index contributed by atoms with van der Waals surface area (Å²) in [6.07, 6.45) is 0.747. The van der Waals surface area contributed by atoms with Gasteiger partial charge in [-0.05, 0) is 49.7 Å². The minimum Gasteiger partial charge on any atom is -0.494 e. The van der Waals surface area contributed by atoms with Crippen molar-refractivity contribution in [3.8, 4) is 17.2 Å². The Morgan fingerprint density at radius 3 is 2.23 bits per heavy atom. The van der Waals surface area contributed by atoms with Crippen LogP contribution in [0.4, 0.5) is 5.69 Å². The number of anilines is 1. The van der Waals surface area contributed by atoms with Crippen LogP contribution in [0.25, 0.3) is 0 Å². The van der Waals surface area contributed by atoms with Gasteiger partial charge in [-0.2, -0.15) is 0 Å². The largest absolute Gasteiger partial charge is 0.494 e. The van der Waals surface area contributed by atoms with Gasteiger partial charge in [0.1, 0.15) is 12.3 Å². The number of hydrogen-bond acceptors (Lipinski definition) is 6. The van der Waals surface area contributed by atoms with Gasteiger partial charge in [-0.25, -0.2) is 8.42 Å². The molecule has 0 aromatic heterocycles. The Balaban J connectivity index is 2.47. The first kappa shape index (κ1) is 23.3. The van der Waals surface area contributed by atoms with Crippen LogP contribution in [0.15, 0.2) is 47.4 Å². The highest BCUT2D eigenvalue weighted by Crippen LogP contribution is 2.32. The van der Waals surface area contributed by atoms with Crippen molar-refractivity contribution in [1.29, 1.82) is 0 Å². The van der Waals surface area contributed by atoms with Gasteiger partial charge in [0.25, 0.3) is 10.0 Å². The average molecular weight is 437 g/mol. The van der Waals surface area contributed by atoms with Crippen molar-refractivity contribution < 1.29 is 27.4 Å². The van der Waals surface area contributed by atoms with Crippen molar-refractivity contribution in [2.45, 2.75) is 25.2 Å². The molecule has 1 N–H and O–H groups in total. The molecule has 0 aliphatic rings. The highest BCUT2D eigenvalue weighted by atomic mass is 32.2. The Morgan fingerprint density at radius 2 is 1.67 bits per heavy atom. The summed E-state index contributed by atoms with van der Waals surface area (Å²) in [5.74, 6) is 0.903. The maximum atomic E-state index is 13.4. The summed E-state index contributed by atoms with van der Waals surface area (Å²) in [6, 6.07) is 10.9. The second-order valence-electron chi connectivity index (χ2n) is 6.31. The van der Waals surface area contributed by atoms with Crippen LogP contribution < -0.4 is 23.8 Å². The molecule has 1 amide bonds. The highest BCUT2D eigenvalue weighted by Gasteiger charge is 2.28. The molecule has 30 heavy (non-hydrogen) atoms. The van der Waals surface area contributed by atoms with Crippen molar-refractivity contribution in [3.05, 3.63) is 42.5 Å². The quantitative estimate of drug-likeness (QED) is 0.582. The summed E-state index contributed by atoms with van der Waals surface area (Å²) in [6.45, 7) is 4.38. The first-order chi connectivity index (χ1) is 14.4. The standard InChI is InChI=1S/C21H28N2O6S/c1-5-13-22-21(24)15-23(16-7-9-17(10-8-16)29-6-2)30(25,26)18-11-12-19(27-3)20(14-18)28-4/h7-12,14H,5-6,13,15H2,1-4H3,(H,22,24). The topological polar surface area (TPSA) is 94.2 Å². The molecule has 8 nitrogen and oxygen atoms in total. The van der Waals surface area contributed by atoms with E-state index in [1.54, 1.807) is 24.3 Å². The predicted octanol–water partition coefficient (Wildman–Crippen LogP) is 2.82. The Hall–Kier alpha value is -2.94. The van der Waals surface area contributed by atoms with Gasteiger partial charge in [-0.15, -0.1) is 0 Å². The maximum Gasteiger partial charge on any atom is 0.264 e. The third-order valence-electron chi connectivity index (χ3n) is 4.24. The average Bonchev–Trinajstić information content (AvgIpc) is 2.76. The Bertz CT molecular complexity index is 944. The number of nitrogens with one attached hydrogen (secondary N) is 1. The first-order valence-corrected chi connectivity index (χ1v) is 11.1. The maximum absolute atomic E-state index is 13.4. The molecule has 0 radical (unpaired) electrons. The van der Waals surface area contributed by atoms with Gasteiger partial charge in [0.15, 0.2) is 11.5 Å².